The van der Waals surface area contributed by atoms with Crippen LogP contribution < -0.4 is 10.2 Å². The van der Waals surface area contributed by atoms with E-state index in [1.165, 1.54) is 25.5 Å². The van der Waals surface area contributed by atoms with Crippen LogP contribution >= 0.6 is 0 Å². The van der Waals surface area contributed by atoms with Gasteiger partial charge in [-0.3, -0.25) is 14.9 Å². The summed E-state index contributed by atoms with van der Waals surface area (Å²) >= 11 is 0. The molecule has 1 amide bonds. The maximum absolute atomic E-state index is 11.9. The number of hydrogen-bond acceptors (Lipinski definition) is 7. The highest BCUT2D eigenvalue weighted by Gasteiger charge is 2.16. The number of methoxy groups -OCH3 is 1. The molecule has 0 aliphatic rings. The lowest BCUT2D eigenvalue weighted by molar-refractivity contribution is -0.384. The van der Waals surface area contributed by atoms with Crippen LogP contribution in [-0.2, 0) is 0 Å². The molecule has 0 bridgehead atoms. The van der Waals surface area contributed by atoms with Crippen LogP contribution in [0.15, 0.2) is 41.5 Å². The molecule has 0 fully saturated rings. The zero-order valence-corrected chi connectivity index (χ0v) is 12.5. The van der Waals surface area contributed by atoms with Gasteiger partial charge in [-0.25, -0.2) is 5.43 Å². The van der Waals surface area contributed by atoms with Gasteiger partial charge in [0.1, 0.15) is 17.2 Å². The molecule has 9 nitrogen and oxygen atoms in total. The molecular weight excluding hydrogens is 318 g/mol. The van der Waals surface area contributed by atoms with Gasteiger partial charge in [-0.1, -0.05) is 0 Å². The van der Waals surface area contributed by atoms with Gasteiger partial charge in [0.2, 0.25) is 0 Å². The Kier molecular flexibility index (Phi) is 4.95. The summed E-state index contributed by atoms with van der Waals surface area (Å²) in [4.78, 5) is 22.0. The predicted molar refractivity (Wildman–Crippen MR) is 84.5 cm³/mol. The summed E-state index contributed by atoms with van der Waals surface area (Å²) in [5.41, 5.74) is 1.77. The van der Waals surface area contributed by atoms with Crippen molar-refractivity contribution < 1.29 is 24.7 Å². The highest BCUT2D eigenvalue weighted by atomic mass is 16.6. The average Bonchev–Trinajstić information content (AvgIpc) is 2.56. The fraction of sp³-hybridized carbons (Fsp3) is 0.0667. The molecule has 0 atom stereocenters. The van der Waals surface area contributed by atoms with E-state index in [9.17, 15) is 25.1 Å². The molecule has 24 heavy (non-hydrogen) atoms. The monoisotopic (exact) mass is 331 g/mol. The molecule has 2 rings (SSSR count). The quantitative estimate of drug-likeness (QED) is 0.434. The highest BCUT2D eigenvalue weighted by Crippen LogP contribution is 2.23. The molecule has 0 saturated carbocycles. The Bertz CT molecular complexity index is 819. The molecule has 2 aromatic carbocycles. The minimum absolute atomic E-state index is 0.0769. The second-order valence-electron chi connectivity index (χ2n) is 4.58. The summed E-state index contributed by atoms with van der Waals surface area (Å²) in [5.74, 6) is -0.851. The van der Waals surface area contributed by atoms with Gasteiger partial charge in [-0.05, 0) is 24.3 Å². The van der Waals surface area contributed by atoms with Gasteiger partial charge < -0.3 is 14.9 Å². The number of phenolic OH excluding ortho intramolecular Hbond substituents is 2. The second kappa shape index (κ2) is 7.09. The van der Waals surface area contributed by atoms with E-state index < -0.39 is 16.6 Å². The number of hydrazone groups is 1. The summed E-state index contributed by atoms with van der Waals surface area (Å²) in [6.45, 7) is 0. The van der Waals surface area contributed by atoms with E-state index >= 15 is 0 Å². The number of carbonyl (C=O) groups excluding carboxylic acids is 1. The first kappa shape index (κ1) is 16.7. The minimum atomic E-state index is -0.838. The van der Waals surface area contributed by atoms with Crippen molar-refractivity contribution in [2.24, 2.45) is 5.10 Å². The van der Waals surface area contributed by atoms with Gasteiger partial charge in [0.15, 0.2) is 0 Å². The van der Waals surface area contributed by atoms with Gasteiger partial charge in [0, 0.05) is 17.7 Å². The van der Waals surface area contributed by atoms with Crippen LogP contribution in [0.3, 0.4) is 0 Å². The van der Waals surface area contributed by atoms with Crippen LogP contribution in [-0.4, -0.2) is 34.4 Å². The van der Waals surface area contributed by atoms with E-state index in [0.717, 1.165) is 18.2 Å². The summed E-state index contributed by atoms with van der Waals surface area (Å²) < 4.78 is 5.00. The van der Waals surface area contributed by atoms with E-state index in [0.29, 0.717) is 5.75 Å². The Morgan fingerprint density at radius 3 is 2.62 bits per heavy atom. The first-order valence-corrected chi connectivity index (χ1v) is 6.60. The Hall–Kier alpha value is -3.62. The number of hydrogen-bond donors (Lipinski definition) is 3. The van der Waals surface area contributed by atoms with Crippen molar-refractivity contribution >= 4 is 17.8 Å². The molecule has 3 N–H and O–H groups in total. The van der Waals surface area contributed by atoms with E-state index in [1.54, 1.807) is 6.07 Å². The molecule has 0 aliphatic heterocycles. The number of ether oxygens (including phenoxy) is 1. The standard InChI is InChI=1S/C15H13N3O6/c1-24-11-3-5-13(19)9(6-11)8-16-17-15(21)12-7-10(18(22)23)2-4-14(12)20/h2-8,19-20H,1H3,(H,17,21). The van der Waals surface area contributed by atoms with Crippen LogP contribution in [0.4, 0.5) is 5.69 Å². The Balaban J connectivity index is 2.16. The number of nitrogens with one attached hydrogen (secondary N) is 1. The smallest absolute Gasteiger partial charge is 0.275 e. The van der Waals surface area contributed by atoms with Crippen LogP contribution in [0, 0.1) is 10.1 Å². The number of nitro benzene ring substituents is 1. The number of benzene rings is 2. The second-order valence-corrected chi connectivity index (χ2v) is 4.58. The predicted octanol–water partition coefficient (Wildman–Crippen LogP) is 1.78. The van der Waals surface area contributed by atoms with Gasteiger partial charge in [-0.2, -0.15) is 5.10 Å². The summed E-state index contributed by atoms with van der Waals surface area (Å²) in [6.07, 6.45) is 1.17. The number of amides is 1. The van der Waals surface area contributed by atoms with Crippen molar-refractivity contribution in [1.82, 2.24) is 5.43 Å². The summed E-state index contributed by atoms with van der Waals surface area (Å²) in [7, 11) is 1.46. The van der Waals surface area contributed by atoms with Crippen molar-refractivity contribution in [2.45, 2.75) is 0 Å². The van der Waals surface area contributed by atoms with E-state index in [1.807, 2.05) is 0 Å². The van der Waals surface area contributed by atoms with Crippen molar-refractivity contribution in [3.05, 3.63) is 57.6 Å². The number of phenols is 2. The topological polar surface area (TPSA) is 134 Å². The van der Waals surface area contributed by atoms with Crippen LogP contribution in [0.25, 0.3) is 0 Å². The molecule has 0 saturated heterocycles. The third-order valence-electron chi connectivity index (χ3n) is 3.04. The fourth-order valence-corrected chi connectivity index (χ4v) is 1.80. The number of aromatic hydroxyl groups is 2. The van der Waals surface area contributed by atoms with Crippen molar-refractivity contribution in [3.63, 3.8) is 0 Å². The lowest BCUT2D eigenvalue weighted by Gasteiger charge is -2.04. The van der Waals surface area contributed by atoms with Gasteiger partial charge >= 0.3 is 0 Å². The maximum atomic E-state index is 11.9. The van der Waals surface area contributed by atoms with Crippen molar-refractivity contribution in [2.75, 3.05) is 7.11 Å². The first-order chi connectivity index (χ1) is 11.4. The van der Waals surface area contributed by atoms with Crippen LogP contribution in [0.1, 0.15) is 15.9 Å². The molecule has 0 aliphatic carbocycles. The number of nitrogens with zero attached hydrogens (tertiary/aromatic N) is 2. The third kappa shape index (κ3) is 3.77. The highest BCUT2D eigenvalue weighted by molar-refractivity contribution is 5.98. The molecule has 2 aromatic rings. The number of carbonyl (C=O) groups is 1. The molecule has 0 radical (unpaired) electrons. The Labute approximate surface area is 136 Å². The van der Waals surface area contributed by atoms with E-state index in [2.05, 4.69) is 10.5 Å². The zero-order chi connectivity index (χ0) is 17.7. The normalized spacial score (nSPS) is 10.5. The molecule has 0 aromatic heterocycles. The molecule has 0 unspecified atom stereocenters. The van der Waals surface area contributed by atoms with Gasteiger partial charge in [0.05, 0.1) is 23.8 Å². The number of rotatable bonds is 5. The Morgan fingerprint density at radius 1 is 1.25 bits per heavy atom. The largest absolute Gasteiger partial charge is 0.507 e. The average molecular weight is 331 g/mol. The lowest BCUT2D eigenvalue weighted by atomic mass is 10.1. The van der Waals surface area contributed by atoms with Crippen LogP contribution in [0.2, 0.25) is 0 Å². The maximum Gasteiger partial charge on any atom is 0.275 e. The van der Waals surface area contributed by atoms with Crippen LogP contribution in [0.5, 0.6) is 17.2 Å². The molecule has 9 heteroatoms. The van der Waals surface area contributed by atoms with E-state index in [-0.39, 0.29) is 22.6 Å². The molecule has 0 spiro atoms. The molecule has 0 heterocycles. The minimum Gasteiger partial charge on any atom is -0.507 e. The first-order valence-electron chi connectivity index (χ1n) is 6.60. The third-order valence-corrected chi connectivity index (χ3v) is 3.04. The van der Waals surface area contributed by atoms with Gasteiger partial charge in [-0.15, -0.1) is 0 Å². The number of non-ortho nitro benzene ring substituents is 1. The zero-order valence-electron chi connectivity index (χ0n) is 12.5. The van der Waals surface area contributed by atoms with Gasteiger partial charge in [0.25, 0.3) is 11.6 Å². The van der Waals surface area contributed by atoms with Crippen molar-refractivity contribution in [3.8, 4) is 17.2 Å². The number of nitro groups is 1. The summed E-state index contributed by atoms with van der Waals surface area (Å²) in [5, 5.41) is 33.7. The Morgan fingerprint density at radius 2 is 1.96 bits per heavy atom. The summed E-state index contributed by atoms with van der Waals surface area (Å²) in [6, 6.07) is 7.49. The van der Waals surface area contributed by atoms with Crippen molar-refractivity contribution in [1.29, 1.82) is 0 Å². The molecule has 124 valence electrons. The lowest BCUT2D eigenvalue weighted by Crippen LogP contribution is -2.18. The molecular formula is C15H13N3O6. The fourth-order valence-electron chi connectivity index (χ4n) is 1.80. The van der Waals surface area contributed by atoms with E-state index in [4.69, 9.17) is 4.74 Å². The SMILES string of the molecule is COc1ccc(O)c(C=NNC(=O)c2cc([N+](=O)[O-])ccc2O)c1.